The van der Waals surface area contributed by atoms with Gasteiger partial charge in [0.2, 0.25) is 0 Å². The summed E-state index contributed by atoms with van der Waals surface area (Å²) >= 11 is 0. The minimum Gasteiger partial charge on any atom is -0.497 e. The Bertz CT molecular complexity index is 1270. The lowest BCUT2D eigenvalue weighted by atomic mass is 9.96. The van der Waals surface area contributed by atoms with Crippen LogP contribution in [-0.2, 0) is 4.74 Å². The summed E-state index contributed by atoms with van der Waals surface area (Å²) in [5.74, 6) is 2.36. The summed E-state index contributed by atoms with van der Waals surface area (Å²) in [6.45, 7) is 6.34. The smallest absolute Gasteiger partial charge is 0.130 e. The number of rotatable bonds is 5. The number of anilines is 1. The Morgan fingerprint density at radius 2 is 1.91 bits per heavy atom. The first-order chi connectivity index (χ1) is 16.1. The number of fused-ring (bicyclic) bond motifs is 1. The quantitative estimate of drug-likeness (QED) is 0.492. The molecule has 0 spiro atoms. The second-order valence-corrected chi connectivity index (χ2v) is 8.23. The van der Waals surface area contributed by atoms with E-state index < -0.39 is 0 Å². The highest BCUT2D eigenvalue weighted by Crippen LogP contribution is 2.39. The van der Waals surface area contributed by atoms with Crippen molar-refractivity contribution in [2.45, 2.75) is 19.9 Å². The molecule has 5 rings (SSSR count). The van der Waals surface area contributed by atoms with Crippen molar-refractivity contribution in [3.05, 3.63) is 48.3 Å². The molecule has 0 radical (unpaired) electrons. The van der Waals surface area contributed by atoms with Crippen molar-refractivity contribution in [2.24, 2.45) is 0 Å². The Kier molecular flexibility index (Phi) is 5.60. The maximum atomic E-state index is 5.67. The van der Waals surface area contributed by atoms with Crippen molar-refractivity contribution in [2.75, 3.05) is 38.9 Å². The number of H-pyrrole nitrogens is 1. The normalized spacial score (nSPS) is 16.2. The fraction of sp³-hybridized carbons (Fsp3) is 0.320. The van der Waals surface area contributed by atoms with Gasteiger partial charge in [-0.25, -0.2) is 4.98 Å². The van der Waals surface area contributed by atoms with E-state index in [9.17, 15) is 0 Å². The third-order valence-corrected chi connectivity index (χ3v) is 6.09. The van der Waals surface area contributed by atoms with Crippen LogP contribution in [0, 0.1) is 6.92 Å². The molecule has 1 saturated heterocycles. The average molecular weight is 446 g/mol. The number of benzene rings is 1. The van der Waals surface area contributed by atoms with E-state index in [1.54, 1.807) is 20.4 Å². The van der Waals surface area contributed by atoms with Crippen LogP contribution in [0.25, 0.3) is 33.4 Å². The molecule has 0 aliphatic carbocycles. The molecule has 4 heterocycles. The zero-order valence-electron chi connectivity index (χ0n) is 19.3. The predicted molar refractivity (Wildman–Crippen MR) is 128 cm³/mol. The first-order valence-electron chi connectivity index (χ1n) is 11.0. The summed E-state index contributed by atoms with van der Waals surface area (Å²) < 4.78 is 16.8. The topological polar surface area (TPSA) is 85.4 Å². The van der Waals surface area contributed by atoms with E-state index in [1.165, 1.54) is 0 Å². The molecule has 1 N–H and O–H groups in total. The van der Waals surface area contributed by atoms with Gasteiger partial charge in [-0.05, 0) is 54.8 Å². The van der Waals surface area contributed by atoms with Gasteiger partial charge in [-0.3, -0.25) is 10.1 Å². The predicted octanol–water partition coefficient (Wildman–Crippen LogP) is 4.24. The molecule has 8 nitrogen and oxygen atoms in total. The Balaban J connectivity index is 1.83. The second kappa shape index (κ2) is 8.71. The average Bonchev–Trinajstić information content (AvgIpc) is 3.38. The van der Waals surface area contributed by atoms with Crippen LogP contribution in [0.15, 0.2) is 42.7 Å². The number of nitrogens with zero attached hydrogens (tertiary/aromatic N) is 4. The van der Waals surface area contributed by atoms with Crippen molar-refractivity contribution < 1.29 is 14.2 Å². The summed E-state index contributed by atoms with van der Waals surface area (Å²) in [6, 6.07) is 10.2. The molecule has 170 valence electrons. The lowest BCUT2D eigenvalue weighted by Crippen LogP contribution is -2.44. The molecule has 0 bridgehead atoms. The molecule has 1 aromatic carbocycles. The summed E-state index contributed by atoms with van der Waals surface area (Å²) in [4.78, 5) is 12.2. The fourth-order valence-corrected chi connectivity index (χ4v) is 4.38. The van der Waals surface area contributed by atoms with Gasteiger partial charge < -0.3 is 19.1 Å². The van der Waals surface area contributed by atoms with Gasteiger partial charge in [0.05, 0.1) is 39.2 Å². The van der Waals surface area contributed by atoms with Gasteiger partial charge in [-0.2, -0.15) is 5.10 Å². The van der Waals surface area contributed by atoms with Crippen LogP contribution in [0.2, 0.25) is 0 Å². The molecule has 1 aliphatic rings. The first kappa shape index (κ1) is 21.2. The van der Waals surface area contributed by atoms with Crippen molar-refractivity contribution in [3.63, 3.8) is 0 Å². The number of hydrogen-bond donors (Lipinski definition) is 1. The van der Waals surface area contributed by atoms with Gasteiger partial charge >= 0.3 is 0 Å². The van der Waals surface area contributed by atoms with Crippen LogP contribution in [0.4, 0.5) is 5.82 Å². The minimum absolute atomic E-state index is 0.213. The molecular formula is C25H27N5O3. The van der Waals surface area contributed by atoms with Crippen LogP contribution in [-0.4, -0.2) is 60.2 Å². The number of morpholine rings is 1. The Hall–Kier alpha value is -3.65. The van der Waals surface area contributed by atoms with Crippen molar-refractivity contribution in [1.29, 1.82) is 0 Å². The van der Waals surface area contributed by atoms with E-state index in [1.807, 2.05) is 30.5 Å². The molecule has 0 saturated carbocycles. The molecule has 1 atom stereocenters. The largest absolute Gasteiger partial charge is 0.497 e. The van der Waals surface area contributed by atoms with Gasteiger partial charge in [0.25, 0.3) is 0 Å². The molecule has 1 unspecified atom stereocenters. The molecule has 1 aliphatic heterocycles. The number of methoxy groups -OCH3 is 2. The number of aryl methyl sites for hydroxylation is 1. The van der Waals surface area contributed by atoms with Gasteiger partial charge in [0.15, 0.2) is 0 Å². The van der Waals surface area contributed by atoms with Crippen molar-refractivity contribution in [1.82, 2.24) is 20.2 Å². The van der Waals surface area contributed by atoms with E-state index in [2.05, 4.69) is 35.0 Å². The Morgan fingerprint density at radius 1 is 1.12 bits per heavy atom. The maximum Gasteiger partial charge on any atom is 0.130 e. The standard InChI is InChI=1S/C25H27N5O3/c1-15-13-26-24(21-5-6-27-29-21)25-23(15)20(17-9-18(31-3)11-19(10-17)32-4)12-22(28-25)30-7-8-33-14-16(30)2/h5-6,9-13,16H,7-8,14H2,1-4H3,(H,27,29). The van der Waals surface area contributed by atoms with Crippen LogP contribution in [0.3, 0.4) is 0 Å². The lowest BCUT2D eigenvalue weighted by Gasteiger charge is -2.34. The molecule has 0 amide bonds. The highest BCUT2D eigenvalue weighted by Gasteiger charge is 2.24. The molecule has 1 fully saturated rings. The Morgan fingerprint density at radius 3 is 2.58 bits per heavy atom. The number of hydrogen-bond acceptors (Lipinski definition) is 7. The van der Waals surface area contributed by atoms with E-state index >= 15 is 0 Å². The van der Waals surface area contributed by atoms with E-state index in [0.29, 0.717) is 13.2 Å². The summed E-state index contributed by atoms with van der Waals surface area (Å²) in [5.41, 5.74) is 5.50. The number of aromatic nitrogens is 4. The summed E-state index contributed by atoms with van der Waals surface area (Å²) in [7, 11) is 3.32. The monoisotopic (exact) mass is 445 g/mol. The SMILES string of the molecule is COc1cc(OC)cc(-c2cc(N3CCOCC3C)nc3c(-c4ccn[nH]4)ncc(C)c23)c1. The highest BCUT2D eigenvalue weighted by atomic mass is 16.5. The third kappa shape index (κ3) is 3.87. The lowest BCUT2D eigenvalue weighted by molar-refractivity contribution is 0.0986. The van der Waals surface area contributed by atoms with Crippen LogP contribution >= 0.6 is 0 Å². The number of nitrogens with one attached hydrogen (secondary N) is 1. The van der Waals surface area contributed by atoms with Gasteiger partial charge in [-0.1, -0.05) is 0 Å². The first-order valence-corrected chi connectivity index (χ1v) is 11.0. The van der Waals surface area contributed by atoms with Crippen LogP contribution < -0.4 is 14.4 Å². The highest BCUT2D eigenvalue weighted by molar-refractivity contribution is 6.03. The van der Waals surface area contributed by atoms with E-state index in [0.717, 1.165) is 62.8 Å². The van der Waals surface area contributed by atoms with Crippen molar-refractivity contribution in [3.8, 4) is 34.0 Å². The molecule has 33 heavy (non-hydrogen) atoms. The minimum atomic E-state index is 0.213. The molecule has 3 aromatic heterocycles. The van der Waals surface area contributed by atoms with E-state index in [4.69, 9.17) is 24.2 Å². The van der Waals surface area contributed by atoms with Crippen LogP contribution in [0.1, 0.15) is 12.5 Å². The fourth-order valence-electron chi connectivity index (χ4n) is 4.38. The number of ether oxygens (including phenoxy) is 3. The Labute approximate surface area is 192 Å². The zero-order valence-corrected chi connectivity index (χ0v) is 19.3. The van der Waals surface area contributed by atoms with Crippen LogP contribution in [0.5, 0.6) is 11.5 Å². The molecule has 8 heteroatoms. The van der Waals surface area contributed by atoms with Gasteiger partial charge in [0, 0.05) is 30.4 Å². The number of pyridine rings is 2. The zero-order chi connectivity index (χ0) is 22.9. The molecular weight excluding hydrogens is 418 g/mol. The second-order valence-electron chi connectivity index (χ2n) is 8.23. The maximum absolute atomic E-state index is 5.67. The van der Waals surface area contributed by atoms with E-state index in [-0.39, 0.29) is 6.04 Å². The van der Waals surface area contributed by atoms with Gasteiger partial charge in [0.1, 0.15) is 28.5 Å². The van der Waals surface area contributed by atoms with Gasteiger partial charge in [-0.15, -0.1) is 0 Å². The summed E-state index contributed by atoms with van der Waals surface area (Å²) in [5, 5.41) is 8.20. The third-order valence-electron chi connectivity index (χ3n) is 6.09. The van der Waals surface area contributed by atoms with Crippen molar-refractivity contribution >= 4 is 16.7 Å². The summed E-state index contributed by atoms with van der Waals surface area (Å²) in [6.07, 6.45) is 3.61. The number of aromatic amines is 1. The molecule has 4 aromatic rings.